The van der Waals surface area contributed by atoms with Gasteiger partial charge in [0.25, 0.3) is 0 Å². The zero-order chi connectivity index (χ0) is 73.7. The molecule has 0 bridgehead atoms. The predicted octanol–water partition coefficient (Wildman–Crippen LogP) is 23.8. The Balaban J connectivity index is 0.000000125. The minimum atomic E-state index is -3.42. The van der Waals surface area contributed by atoms with Gasteiger partial charge in [0.2, 0.25) is 9.79 Å². The van der Waals surface area contributed by atoms with Gasteiger partial charge in [0.1, 0.15) is 10.9 Å². The number of fused-ring (bicyclic) bond motifs is 11. The van der Waals surface area contributed by atoms with Crippen molar-refractivity contribution in [3.8, 4) is 26.2 Å². The van der Waals surface area contributed by atoms with Crippen LogP contribution in [0.1, 0.15) is 87.0 Å². The molecule has 0 atom stereocenters. The molecule has 3 aromatic heterocycles. The maximum Gasteiger partial charge on any atom is 0.209 e. The zero-order valence-corrected chi connectivity index (χ0v) is 65.1. The van der Waals surface area contributed by atoms with Crippen LogP contribution in [0.15, 0.2) is 287 Å². The van der Waals surface area contributed by atoms with Crippen LogP contribution in [0.2, 0.25) is 10.0 Å². The molecule has 1 aliphatic rings. The lowest BCUT2D eigenvalue weighted by atomic mass is 9.87. The maximum absolute atomic E-state index is 12.1. The predicted molar refractivity (Wildman–Crippen MR) is 446 cm³/mol. The standard InChI is InChI=1S/C28H33O2S.C22H19O2S.C20H15Cl2OS.C20H17O3S2/c1-27(2,3)20-9-13-25-23(17-20)30-24-18-21(28(4,5)6)10-14-26(24)31(25)22-11-7-19(8-12-22)15-16-29;23-15-5-8-20(24)16-11-13-17(14-12-16)25-21-9-3-1-6-18(21)19-7-2-4-10-22(19)25;21-14-3-7-19-17(11-14)18-12-15(22)4-8-20(18)24(19)16-5-1-13(2-6-16)9-10-23;21-13-14-25(22,23)16-11-9-15(10-12-16)24-19-7-3-1-5-17(19)18-6-2-4-8-20(18)24/h7-14,17-18,29H,15-16H2,1-6H3;1-4,6-7,9-14,23H,5,8,15H2;1-8,11-12,23H,9-10H2;1-12,21H,13-14H2/q4*+1. The second kappa shape index (κ2) is 32.3. The number of hydrogen-bond acceptors (Lipinski definition) is 8. The quantitative estimate of drug-likeness (QED) is 0.0587. The molecule has 0 aliphatic carbocycles. The number of ether oxygens (including phenoxy) is 1. The molecule has 15 heteroatoms. The molecular formula is C90H84Cl2O8S5+4. The minimum absolute atomic E-state index is 0.0564. The van der Waals surface area contributed by atoms with Gasteiger partial charge in [-0.15, -0.1) is 0 Å². The SMILES string of the molecule is CC(C)(C)c1ccc2c(c1)Oc1cc(C(C)(C)C)ccc1[S+]2c1ccc(CCO)cc1.O=C(CCCO)c1ccc(-[s+]2c3ccccc3c3ccccc32)cc1.O=S(=O)(CCO)c1ccc(-[s+]2c3ccccc3c3ccccc32)cc1.OCCc1ccc(-[s+]2c3ccc(Cl)cc3c3cc(Cl)ccc32)cc1. The van der Waals surface area contributed by atoms with E-state index in [9.17, 15) is 18.3 Å². The molecule has 0 amide bonds. The lowest BCUT2D eigenvalue weighted by molar-refractivity contribution is 0.0971. The molecule has 4 N–H and O–H groups in total. The van der Waals surface area contributed by atoms with Crippen LogP contribution in [0, 0.1) is 0 Å². The smallest absolute Gasteiger partial charge is 0.209 e. The Morgan fingerprint density at radius 2 is 0.752 bits per heavy atom. The van der Waals surface area contributed by atoms with Crippen LogP contribution in [0.25, 0.3) is 75.2 Å². The number of sulfone groups is 1. The van der Waals surface area contributed by atoms with E-state index in [4.69, 9.17) is 43.3 Å². The molecule has 16 rings (SSSR count). The molecular weight excluding hydrogens is 1440 g/mol. The van der Waals surface area contributed by atoms with Gasteiger partial charge in [-0.2, -0.15) is 0 Å². The minimum Gasteiger partial charge on any atom is -0.447 e. The highest BCUT2D eigenvalue weighted by molar-refractivity contribution is 7.97. The van der Waals surface area contributed by atoms with Gasteiger partial charge >= 0.3 is 0 Å². The molecule has 15 aromatic rings. The third-order valence-electron chi connectivity index (χ3n) is 18.8. The Kier molecular flexibility index (Phi) is 23.0. The second-order valence-electron chi connectivity index (χ2n) is 27.9. The second-order valence-corrected chi connectivity index (χ2v) is 38.8. The Morgan fingerprint density at radius 1 is 0.390 bits per heavy atom. The van der Waals surface area contributed by atoms with Crippen molar-refractivity contribution in [3.63, 3.8) is 0 Å². The van der Waals surface area contributed by atoms with Gasteiger partial charge in [0, 0.05) is 118 Å². The molecule has 532 valence electrons. The van der Waals surface area contributed by atoms with E-state index < -0.39 is 9.84 Å². The normalized spacial score (nSPS) is 12.3. The van der Waals surface area contributed by atoms with Crippen LogP contribution < -0.4 is 4.74 Å². The molecule has 12 aromatic carbocycles. The Bertz CT molecular complexity index is 5520. The fourth-order valence-corrected chi connectivity index (χ4v) is 24.0. The van der Waals surface area contributed by atoms with E-state index in [1.807, 2.05) is 72.8 Å². The molecule has 0 radical (unpaired) electrons. The van der Waals surface area contributed by atoms with Crippen molar-refractivity contribution < 1.29 is 38.4 Å². The highest BCUT2D eigenvalue weighted by Gasteiger charge is 2.41. The Hall–Kier alpha value is -8.51. The topological polar surface area (TPSA) is 141 Å². The van der Waals surface area contributed by atoms with E-state index in [2.05, 4.69) is 224 Å². The van der Waals surface area contributed by atoms with Gasteiger partial charge in [0.15, 0.2) is 74.9 Å². The summed E-state index contributed by atoms with van der Waals surface area (Å²) in [5.41, 5.74) is 5.73. The summed E-state index contributed by atoms with van der Waals surface area (Å²) in [5.74, 6) is 1.78. The largest absolute Gasteiger partial charge is 0.447 e. The number of thiophene rings is 3. The van der Waals surface area contributed by atoms with Crippen molar-refractivity contribution in [3.05, 3.63) is 305 Å². The monoisotopic (exact) mass is 1520 g/mol. The Morgan fingerprint density at radius 3 is 1.12 bits per heavy atom. The van der Waals surface area contributed by atoms with Gasteiger partial charge in [-0.1, -0.05) is 150 Å². The van der Waals surface area contributed by atoms with Crippen LogP contribution in [0.3, 0.4) is 0 Å². The number of ketones is 1. The van der Waals surface area contributed by atoms with Crippen LogP contribution >= 0.6 is 54.6 Å². The van der Waals surface area contributed by atoms with E-state index >= 15 is 0 Å². The van der Waals surface area contributed by atoms with Crippen LogP contribution in [-0.2, 0) is 44.4 Å². The van der Waals surface area contributed by atoms with Crippen LogP contribution in [0.4, 0.5) is 0 Å². The molecule has 4 heterocycles. The number of Topliss-reactive ketones (excluding diaryl/α,β-unsaturated/α-hetero) is 1. The molecule has 0 unspecified atom stereocenters. The van der Waals surface area contributed by atoms with Crippen molar-refractivity contribution in [2.24, 2.45) is 0 Å². The summed E-state index contributed by atoms with van der Waals surface area (Å²) in [6, 6.07) is 91.9. The van der Waals surface area contributed by atoms with E-state index in [-0.39, 0.29) is 96.0 Å². The van der Waals surface area contributed by atoms with Crippen molar-refractivity contribution >= 4 is 142 Å². The van der Waals surface area contributed by atoms with Gasteiger partial charge in [-0.25, -0.2) is 8.42 Å². The van der Waals surface area contributed by atoms with Crippen LogP contribution in [0.5, 0.6) is 11.5 Å². The third-order valence-corrected chi connectivity index (χ3v) is 30.3. The van der Waals surface area contributed by atoms with Crippen molar-refractivity contribution in [1.82, 2.24) is 0 Å². The summed E-state index contributed by atoms with van der Waals surface area (Å²) >= 11 is 12.5. The highest BCUT2D eigenvalue weighted by atomic mass is 35.5. The molecule has 0 saturated carbocycles. The van der Waals surface area contributed by atoms with E-state index in [0.717, 1.165) is 43.1 Å². The molecule has 8 nitrogen and oxygen atoms in total. The summed E-state index contributed by atoms with van der Waals surface area (Å²) < 4.78 is 38.6. The maximum atomic E-state index is 12.1. The van der Waals surface area contributed by atoms with Crippen molar-refractivity contribution in [2.45, 2.75) is 97.6 Å². The van der Waals surface area contributed by atoms with Gasteiger partial charge in [0.05, 0.1) is 17.3 Å². The van der Waals surface area contributed by atoms with E-state index in [1.165, 1.54) is 96.1 Å². The first-order valence-corrected chi connectivity index (χ1v) is 42.4. The van der Waals surface area contributed by atoms with Gasteiger partial charge in [-0.3, -0.25) is 4.79 Å². The summed E-state index contributed by atoms with van der Waals surface area (Å²) in [7, 11) is -4.14. The fourth-order valence-electron chi connectivity index (χ4n) is 13.3. The number of aliphatic hydroxyl groups excluding tert-OH is 4. The summed E-state index contributed by atoms with van der Waals surface area (Å²) in [6.45, 7) is 13.5. The number of aliphatic hydroxyl groups is 4. The molecule has 0 saturated heterocycles. The Labute approximate surface area is 635 Å². The number of hydrogen-bond donors (Lipinski definition) is 4. The summed E-state index contributed by atoms with van der Waals surface area (Å²) in [6.07, 6.45) is 2.29. The van der Waals surface area contributed by atoms with E-state index in [1.54, 1.807) is 12.1 Å². The van der Waals surface area contributed by atoms with Crippen LogP contribution in [-0.4, -0.2) is 66.8 Å². The number of halogens is 2. The van der Waals surface area contributed by atoms with Crippen molar-refractivity contribution in [1.29, 1.82) is 0 Å². The molecule has 0 spiro atoms. The molecule has 0 fully saturated rings. The number of carbonyl (C=O) groups is 1. The average molecular weight is 1520 g/mol. The third kappa shape index (κ3) is 16.1. The van der Waals surface area contributed by atoms with Gasteiger partial charge in [-0.05, 0) is 222 Å². The van der Waals surface area contributed by atoms with Crippen molar-refractivity contribution in [2.75, 3.05) is 32.2 Å². The highest BCUT2D eigenvalue weighted by Crippen LogP contribution is 2.53. The average Bonchev–Trinajstić information content (AvgIpc) is 1.63. The van der Waals surface area contributed by atoms with E-state index in [0.29, 0.717) is 25.7 Å². The number of benzene rings is 12. The molecule has 105 heavy (non-hydrogen) atoms. The zero-order valence-electron chi connectivity index (χ0n) is 59.5. The lowest BCUT2D eigenvalue weighted by Crippen LogP contribution is -2.17. The summed E-state index contributed by atoms with van der Waals surface area (Å²) in [4.78, 5) is 19.7. The number of carbonyl (C=O) groups excluding carboxylic acids is 1. The fraction of sp³-hybridized carbons (Fsp3) is 0.189. The first-order chi connectivity index (χ1) is 50.7. The lowest BCUT2D eigenvalue weighted by Gasteiger charge is -2.26. The first kappa shape index (κ1) is 74.8. The van der Waals surface area contributed by atoms with Gasteiger partial charge < -0.3 is 25.2 Å². The number of rotatable bonds is 15. The molecule has 1 aliphatic heterocycles. The summed E-state index contributed by atoms with van der Waals surface area (Å²) in [5, 5.41) is 45.1. The first-order valence-electron chi connectivity index (χ1n) is 35.1.